The fraction of sp³-hybridized carbons (Fsp3) is 0.917. The van der Waals surface area contributed by atoms with Crippen molar-refractivity contribution in [3.8, 4) is 0 Å². The highest BCUT2D eigenvalue weighted by molar-refractivity contribution is 7.99. The number of hydrogen-bond donors (Lipinski definition) is 2. The van der Waals surface area contributed by atoms with Crippen LogP contribution in [0.3, 0.4) is 0 Å². The largest absolute Gasteiger partial charge is 0.384 e. The van der Waals surface area contributed by atoms with Crippen molar-refractivity contribution < 1.29 is 9.53 Å². The molecule has 0 radical (unpaired) electrons. The zero-order valence-corrected chi connectivity index (χ0v) is 11.8. The minimum atomic E-state index is -0.569. The third-order valence-corrected chi connectivity index (χ3v) is 4.17. The Labute approximate surface area is 108 Å². The Morgan fingerprint density at radius 1 is 1.65 bits per heavy atom. The van der Waals surface area contributed by atoms with Crippen LogP contribution in [-0.2, 0) is 9.53 Å². The molecule has 0 spiro atoms. The van der Waals surface area contributed by atoms with Crippen molar-refractivity contribution in [1.29, 1.82) is 0 Å². The maximum atomic E-state index is 11.6. The summed E-state index contributed by atoms with van der Waals surface area (Å²) in [4.78, 5) is 11.6. The molecule has 1 saturated carbocycles. The smallest absolute Gasteiger partial charge is 0.237 e. The predicted octanol–water partition coefficient (Wildman–Crippen LogP) is 1.14. The van der Waals surface area contributed by atoms with Crippen LogP contribution in [0.15, 0.2) is 0 Å². The fourth-order valence-electron chi connectivity index (χ4n) is 1.88. The molecule has 17 heavy (non-hydrogen) atoms. The SMILES string of the molecule is COCCSC(C)CC(C)(NC1CC1)C(N)=O. The number of rotatable bonds is 9. The maximum absolute atomic E-state index is 11.6. The molecule has 0 saturated heterocycles. The van der Waals surface area contributed by atoms with E-state index in [1.54, 1.807) is 7.11 Å². The Bertz CT molecular complexity index is 259. The summed E-state index contributed by atoms with van der Waals surface area (Å²) in [5.74, 6) is 0.708. The molecule has 100 valence electrons. The lowest BCUT2D eigenvalue weighted by Crippen LogP contribution is -2.55. The first-order valence-electron chi connectivity index (χ1n) is 6.16. The van der Waals surface area contributed by atoms with Gasteiger partial charge in [-0.15, -0.1) is 0 Å². The van der Waals surface area contributed by atoms with Crippen molar-refractivity contribution in [2.24, 2.45) is 5.73 Å². The van der Waals surface area contributed by atoms with Crippen molar-refractivity contribution >= 4 is 17.7 Å². The van der Waals surface area contributed by atoms with Crippen LogP contribution < -0.4 is 11.1 Å². The van der Waals surface area contributed by atoms with Crippen LogP contribution in [0.4, 0.5) is 0 Å². The number of primary amides is 1. The first-order valence-corrected chi connectivity index (χ1v) is 7.21. The summed E-state index contributed by atoms with van der Waals surface area (Å²) in [6.07, 6.45) is 3.09. The molecule has 1 fully saturated rings. The molecule has 0 aromatic heterocycles. The number of ether oxygens (including phenoxy) is 1. The van der Waals surface area contributed by atoms with E-state index in [9.17, 15) is 4.79 Å². The fourth-order valence-corrected chi connectivity index (χ4v) is 2.99. The molecule has 0 bridgehead atoms. The molecule has 0 aromatic carbocycles. The molecule has 1 aliphatic carbocycles. The van der Waals surface area contributed by atoms with Gasteiger partial charge in [0.1, 0.15) is 0 Å². The van der Waals surface area contributed by atoms with E-state index in [0.717, 1.165) is 31.6 Å². The normalized spacial score (nSPS) is 20.9. The number of hydrogen-bond acceptors (Lipinski definition) is 4. The number of carbonyl (C=O) groups is 1. The summed E-state index contributed by atoms with van der Waals surface area (Å²) in [6, 6.07) is 0.490. The average molecular weight is 260 g/mol. The van der Waals surface area contributed by atoms with Crippen LogP contribution in [0.1, 0.15) is 33.1 Å². The summed E-state index contributed by atoms with van der Waals surface area (Å²) in [7, 11) is 1.70. The van der Waals surface area contributed by atoms with Gasteiger partial charge in [0.25, 0.3) is 0 Å². The lowest BCUT2D eigenvalue weighted by Gasteiger charge is -2.30. The topological polar surface area (TPSA) is 64.3 Å². The van der Waals surface area contributed by atoms with Gasteiger partial charge >= 0.3 is 0 Å². The monoisotopic (exact) mass is 260 g/mol. The summed E-state index contributed by atoms with van der Waals surface area (Å²) >= 11 is 1.82. The Morgan fingerprint density at radius 3 is 2.76 bits per heavy atom. The quantitative estimate of drug-likeness (QED) is 0.610. The van der Waals surface area contributed by atoms with Crippen LogP contribution in [0.5, 0.6) is 0 Å². The van der Waals surface area contributed by atoms with Crippen molar-refractivity contribution in [3.63, 3.8) is 0 Å². The second kappa shape index (κ2) is 6.61. The van der Waals surface area contributed by atoms with E-state index in [0.29, 0.717) is 11.3 Å². The van der Waals surface area contributed by atoms with Crippen LogP contribution >= 0.6 is 11.8 Å². The lowest BCUT2D eigenvalue weighted by molar-refractivity contribution is -0.124. The van der Waals surface area contributed by atoms with Crippen molar-refractivity contribution in [2.75, 3.05) is 19.5 Å². The first-order chi connectivity index (χ1) is 7.98. The van der Waals surface area contributed by atoms with Gasteiger partial charge in [-0.3, -0.25) is 4.79 Å². The predicted molar refractivity (Wildman–Crippen MR) is 72.2 cm³/mol. The number of amides is 1. The molecule has 4 nitrogen and oxygen atoms in total. The third kappa shape index (κ3) is 5.27. The van der Waals surface area contributed by atoms with Gasteiger partial charge < -0.3 is 15.8 Å². The van der Waals surface area contributed by atoms with Gasteiger partial charge in [-0.25, -0.2) is 0 Å². The van der Waals surface area contributed by atoms with Gasteiger partial charge in [-0.2, -0.15) is 11.8 Å². The van der Waals surface area contributed by atoms with E-state index >= 15 is 0 Å². The van der Waals surface area contributed by atoms with Crippen molar-refractivity contribution in [1.82, 2.24) is 5.32 Å². The molecule has 0 aromatic rings. The van der Waals surface area contributed by atoms with E-state index in [4.69, 9.17) is 10.5 Å². The van der Waals surface area contributed by atoms with Gasteiger partial charge in [0, 0.05) is 24.2 Å². The molecule has 3 N–H and O–H groups in total. The highest BCUT2D eigenvalue weighted by Gasteiger charge is 2.37. The van der Waals surface area contributed by atoms with Crippen LogP contribution in [0.2, 0.25) is 0 Å². The molecular formula is C12H24N2O2S. The molecule has 1 rings (SSSR count). The zero-order chi connectivity index (χ0) is 12.9. The second-order valence-corrected chi connectivity index (χ2v) is 6.54. The molecule has 2 atom stereocenters. The summed E-state index contributed by atoms with van der Waals surface area (Å²) in [5.41, 5.74) is 4.95. The molecule has 0 aliphatic heterocycles. The molecule has 1 amide bonds. The Hall–Kier alpha value is -0.260. The van der Waals surface area contributed by atoms with E-state index in [-0.39, 0.29) is 5.91 Å². The number of nitrogens with one attached hydrogen (secondary N) is 1. The van der Waals surface area contributed by atoms with Crippen LogP contribution in [0, 0.1) is 0 Å². The van der Waals surface area contributed by atoms with Crippen LogP contribution in [0.25, 0.3) is 0 Å². The van der Waals surface area contributed by atoms with Crippen molar-refractivity contribution in [2.45, 2.75) is 49.9 Å². The third-order valence-electron chi connectivity index (χ3n) is 3.03. The Morgan fingerprint density at radius 2 is 2.29 bits per heavy atom. The van der Waals surface area contributed by atoms with Gasteiger partial charge in [0.15, 0.2) is 0 Å². The van der Waals surface area contributed by atoms with Gasteiger partial charge in [-0.1, -0.05) is 6.92 Å². The summed E-state index contributed by atoms with van der Waals surface area (Å²) in [6.45, 7) is 4.80. The number of methoxy groups -OCH3 is 1. The molecule has 1 aliphatic rings. The summed E-state index contributed by atoms with van der Waals surface area (Å²) < 4.78 is 5.02. The van der Waals surface area contributed by atoms with E-state index in [1.165, 1.54) is 0 Å². The minimum Gasteiger partial charge on any atom is -0.384 e. The number of carbonyl (C=O) groups excluding carboxylic acids is 1. The highest BCUT2D eigenvalue weighted by Crippen LogP contribution is 2.27. The molecule has 0 heterocycles. The van der Waals surface area contributed by atoms with Gasteiger partial charge in [-0.05, 0) is 26.2 Å². The number of thioether (sulfide) groups is 1. The lowest BCUT2D eigenvalue weighted by atomic mass is 9.95. The van der Waals surface area contributed by atoms with Crippen molar-refractivity contribution in [3.05, 3.63) is 0 Å². The number of nitrogens with two attached hydrogens (primary N) is 1. The molecular weight excluding hydrogens is 236 g/mol. The maximum Gasteiger partial charge on any atom is 0.237 e. The van der Waals surface area contributed by atoms with E-state index < -0.39 is 5.54 Å². The Kier molecular flexibility index (Phi) is 5.76. The van der Waals surface area contributed by atoms with Crippen LogP contribution in [-0.4, -0.2) is 42.2 Å². The van der Waals surface area contributed by atoms with E-state index in [1.807, 2.05) is 18.7 Å². The average Bonchev–Trinajstić information content (AvgIpc) is 3.01. The van der Waals surface area contributed by atoms with E-state index in [2.05, 4.69) is 12.2 Å². The Balaban J connectivity index is 2.38. The van der Waals surface area contributed by atoms with Gasteiger partial charge in [0.2, 0.25) is 5.91 Å². The summed E-state index contributed by atoms with van der Waals surface area (Å²) in [5, 5.41) is 3.77. The highest BCUT2D eigenvalue weighted by atomic mass is 32.2. The molecule has 2 unspecified atom stereocenters. The standard InChI is InChI=1S/C12H24N2O2S/c1-9(17-7-6-16-3)8-12(2,11(13)15)14-10-4-5-10/h9-10,14H,4-8H2,1-3H3,(H2,13,15). The molecule has 5 heteroatoms. The van der Waals surface area contributed by atoms with Gasteiger partial charge in [0.05, 0.1) is 12.1 Å². The minimum absolute atomic E-state index is 0.247. The zero-order valence-electron chi connectivity index (χ0n) is 11.0. The first kappa shape index (κ1) is 14.8. The second-order valence-electron chi connectivity index (χ2n) is 4.99.